The molecule has 26 heavy (non-hydrogen) atoms. The highest BCUT2D eigenvalue weighted by Gasteiger charge is 2.36. The standard InChI is InChI=1S/C16H21N3O4.CH2O2/c1-11-3-2-4-14(17-11)16(22)19-6-12-5-18(8-15(20)21)7-13(19)10-23-9-12;2-1-3/h2-4,12-13H,5-10H2,1H3,(H,20,21);1H,(H,2,3)/t12-,13-;/m0./s1. The number of aryl methyl sites for hydroxylation is 1. The molecule has 2 atom stereocenters. The minimum Gasteiger partial charge on any atom is -0.483 e. The van der Waals surface area contributed by atoms with Crippen LogP contribution in [0.15, 0.2) is 18.2 Å². The first kappa shape index (κ1) is 19.8. The van der Waals surface area contributed by atoms with Gasteiger partial charge in [-0.05, 0) is 19.1 Å². The summed E-state index contributed by atoms with van der Waals surface area (Å²) < 4.78 is 5.67. The van der Waals surface area contributed by atoms with Gasteiger partial charge in [-0.25, -0.2) is 4.98 Å². The van der Waals surface area contributed by atoms with E-state index >= 15 is 0 Å². The lowest BCUT2D eigenvalue weighted by atomic mass is 10.1. The van der Waals surface area contributed by atoms with Gasteiger partial charge < -0.3 is 19.8 Å². The fourth-order valence-corrected chi connectivity index (χ4v) is 3.32. The predicted molar refractivity (Wildman–Crippen MR) is 90.9 cm³/mol. The summed E-state index contributed by atoms with van der Waals surface area (Å²) in [5.74, 6) is -0.828. The second-order valence-corrected chi connectivity index (χ2v) is 6.37. The Balaban J connectivity index is 0.000000758. The Hall–Kier alpha value is -2.52. The van der Waals surface area contributed by atoms with Gasteiger partial charge in [-0.3, -0.25) is 19.3 Å². The van der Waals surface area contributed by atoms with Crippen LogP contribution in [0.4, 0.5) is 0 Å². The summed E-state index contributed by atoms with van der Waals surface area (Å²) in [6.07, 6.45) is 0. The summed E-state index contributed by atoms with van der Waals surface area (Å²) in [4.78, 5) is 40.2. The van der Waals surface area contributed by atoms with Gasteiger partial charge in [0.05, 0.1) is 25.8 Å². The van der Waals surface area contributed by atoms with E-state index in [1.807, 2.05) is 24.0 Å². The summed E-state index contributed by atoms with van der Waals surface area (Å²) in [7, 11) is 0. The quantitative estimate of drug-likeness (QED) is 0.715. The van der Waals surface area contributed by atoms with Crippen molar-refractivity contribution in [3.05, 3.63) is 29.6 Å². The van der Waals surface area contributed by atoms with Crippen molar-refractivity contribution in [1.29, 1.82) is 0 Å². The van der Waals surface area contributed by atoms with Gasteiger partial charge in [-0.15, -0.1) is 0 Å². The number of nitrogens with zero attached hydrogens (tertiary/aromatic N) is 3. The predicted octanol–water partition coefficient (Wildman–Crippen LogP) is -0.0518. The van der Waals surface area contributed by atoms with Crippen molar-refractivity contribution in [3.8, 4) is 0 Å². The molecular formula is C17H23N3O6. The first-order chi connectivity index (χ1) is 12.4. The van der Waals surface area contributed by atoms with Crippen LogP contribution in [0, 0.1) is 12.8 Å². The van der Waals surface area contributed by atoms with Crippen molar-refractivity contribution >= 4 is 18.3 Å². The van der Waals surface area contributed by atoms with E-state index in [1.165, 1.54) is 0 Å². The van der Waals surface area contributed by atoms with E-state index in [0.29, 0.717) is 38.5 Å². The van der Waals surface area contributed by atoms with Crippen LogP contribution in [0.2, 0.25) is 0 Å². The molecule has 0 radical (unpaired) electrons. The molecule has 9 heteroatoms. The molecule has 0 aromatic carbocycles. The molecule has 2 N–H and O–H groups in total. The molecule has 1 amide bonds. The number of hydrogen-bond donors (Lipinski definition) is 2. The van der Waals surface area contributed by atoms with Crippen LogP contribution < -0.4 is 0 Å². The van der Waals surface area contributed by atoms with E-state index < -0.39 is 5.97 Å². The molecule has 2 aliphatic heterocycles. The van der Waals surface area contributed by atoms with Crippen LogP contribution in [0.3, 0.4) is 0 Å². The van der Waals surface area contributed by atoms with Gasteiger partial charge in [0.1, 0.15) is 5.69 Å². The lowest BCUT2D eigenvalue weighted by molar-refractivity contribution is -0.138. The number of carbonyl (C=O) groups is 3. The van der Waals surface area contributed by atoms with E-state index in [2.05, 4.69) is 4.98 Å². The molecule has 2 bridgehead atoms. The summed E-state index contributed by atoms with van der Waals surface area (Å²) in [5, 5.41) is 15.9. The molecule has 2 saturated heterocycles. The minimum absolute atomic E-state index is 0.00226. The molecule has 1 aromatic rings. The Bertz CT molecular complexity index is 653. The maximum Gasteiger partial charge on any atom is 0.317 e. The molecule has 3 rings (SSSR count). The van der Waals surface area contributed by atoms with Crippen molar-refractivity contribution in [2.75, 3.05) is 39.4 Å². The second kappa shape index (κ2) is 9.25. The van der Waals surface area contributed by atoms with Crippen LogP contribution in [0.1, 0.15) is 16.2 Å². The van der Waals surface area contributed by atoms with Gasteiger partial charge >= 0.3 is 5.97 Å². The maximum absolute atomic E-state index is 12.8. The molecule has 1 aromatic heterocycles. The van der Waals surface area contributed by atoms with Crippen molar-refractivity contribution in [2.45, 2.75) is 13.0 Å². The zero-order chi connectivity index (χ0) is 19.1. The second-order valence-electron chi connectivity index (χ2n) is 6.37. The van der Waals surface area contributed by atoms with E-state index in [0.717, 1.165) is 5.69 Å². The average Bonchev–Trinajstić information content (AvgIpc) is 2.85. The topological polar surface area (TPSA) is 120 Å². The van der Waals surface area contributed by atoms with Crippen LogP contribution >= 0.6 is 0 Å². The van der Waals surface area contributed by atoms with E-state index in [1.54, 1.807) is 11.0 Å². The number of carboxylic acid groups (broad SMARTS) is 2. The third-order valence-corrected chi connectivity index (χ3v) is 4.27. The summed E-state index contributed by atoms with van der Waals surface area (Å²) in [6.45, 7) is 4.32. The number of carboxylic acids is 1. The number of rotatable bonds is 3. The van der Waals surface area contributed by atoms with Crippen molar-refractivity contribution < 1.29 is 29.3 Å². The Kier molecular flexibility index (Phi) is 7.05. The smallest absolute Gasteiger partial charge is 0.317 e. The monoisotopic (exact) mass is 365 g/mol. The average molecular weight is 365 g/mol. The molecule has 0 aliphatic carbocycles. The van der Waals surface area contributed by atoms with Crippen LogP contribution in [-0.2, 0) is 14.3 Å². The first-order valence-electron chi connectivity index (χ1n) is 8.29. The van der Waals surface area contributed by atoms with Gasteiger partial charge in [0.2, 0.25) is 0 Å². The van der Waals surface area contributed by atoms with Crippen LogP contribution in [0.5, 0.6) is 0 Å². The highest BCUT2D eigenvalue weighted by atomic mass is 16.5. The number of amides is 1. The molecule has 142 valence electrons. The Morgan fingerprint density at radius 1 is 1.31 bits per heavy atom. The Morgan fingerprint density at radius 3 is 2.69 bits per heavy atom. The fraction of sp³-hybridized carbons (Fsp3) is 0.529. The normalized spacial score (nSPS) is 22.6. The van der Waals surface area contributed by atoms with Gasteiger partial charge in [0, 0.05) is 31.2 Å². The van der Waals surface area contributed by atoms with Gasteiger partial charge in [0.25, 0.3) is 12.4 Å². The van der Waals surface area contributed by atoms with Crippen molar-refractivity contribution in [3.63, 3.8) is 0 Å². The maximum atomic E-state index is 12.8. The number of aliphatic carboxylic acids is 1. The minimum atomic E-state index is -0.843. The lowest BCUT2D eigenvalue weighted by Crippen LogP contribution is -2.47. The van der Waals surface area contributed by atoms with Crippen molar-refractivity contribution in [1.82, 2.24) is 14.8 Å². The van der Waals surface area contributed by atoms with Gasteiger partial charge in [0.15, 0.2) is 0 Å². The SMILES string of the molecule is Cc1cccc(C(=O)N2C[C@H]3COC[C@@H]2CN(CC(=O)O)C3)n1.O=CO. The van der Waals surface area contributed by atoms with Gasteiger partial charge in [-0.2, -0.15) is 0 Å². The molecule has 0 spiro atoms. The molecular weight excluding hydrogens is 342 g/mol. The molecule has 9 nitrogen and oxygen atoms in total. The summed E-state index contributed by atoms with van der Waals surface area (Å²) >= 11 is 0. The summed E-state index contributed by atoms with van der Waals surface area (Å²) in [5.41, 5.74) is 1.24. The Labute approximate surface area is 151 Å². The fourth-order valence-electron chi connectivity index (χ4n) is 3.32. The number of pyridine rings is 1. The number of hydrogen-bond acceptors (Lipinski definition) is 6. The largest absolute Gasteiger partial charge is 0.483 e. The highest BCUT2D eigenvalue weighted by molar-refractivity contribution is 5.92. The van der Waals surface area contributed by atoms with E-state index in [9.17, 15) is 9.59 Å². The van der Waals surface area contributed by atoms with Crippen LogP contribution in [-0.4, -0.2) is 88.8 Å². The number of fused-ring (bicyclic) bond motifs is 3. The van der Waals surface area contributed by atoms with E-state index in [-0.39, 0.29) is 30.9 Å². The molecule has 0 unspecified atom stereocenters. The zero-order valence-electron chi connectivity index (χ0n) is 14.6. The lowest BCUT2D eigenvalue weighted by Gasteiger charge is -2.30. The number of aromatic nitrogens is 1. The molecule has 3 heterocycles. The summed E-state index contributed by atoms with van der Waals surface area (Å²) in [6, 6.07) is 5.26. The molecule has 2 fully saturated rings. The molecule has 2 aliphatic rings. The van der Waals surface area contributed by atoms with Crippen LogP contribution in [0.25, 0.3) is 0 Å². The third kappa shape index (κ3) is 5.24. The van der Waals surface area contributed by atoms with Crippen molar-refractivity contribution in [2.24, 2.45) is 5.92 Å². The zero-order valence-corrected chi connectivity index (χ0v) is 14.6. The highest BCUT2D eigenvalue weighted by Crippen LogP contribution is 2.21. The first-order valence-corrected chi connectivity index (χ1v) is 8.29. The van der Waals surface area contributed by atoms with E-state index in [4.69, 9.17) is 19.7 Å². The van der Waals surface area contributed by atoms with Gasteiger partial charge in [-0.1, -0.05) is 6.07 Å². The Morgan fingerprint density at radius 2 is 2.04 bits per heavy atom. The number of carbonyl (C=O) groups excluding carboxylic acids is 1. The third-order valence-electron chi connectivity index (χ3n) is 4.27. The molecule has 0 saturated carbocycles. The number of ether oxygens (including phenoxy) is 1.